The number of nitrogens with one attached hydrogen (secondary N) is 1. The van der Waals surface area contributed by atoms with Crippen LogP contribution in [0.3, 0.4) is 0 Å². The third kappa shape index (κ3) is 4.93. The van der Waals surface area contributed by atoms with Crippen LogP contribution in [-0.2, 0) is 11.3 Å². The third-order valence-electron chi connectivity index (χ3n) is 2.90. The summed E-state index contributed by atoms with van der Waals surface area (Å²) in [5, 5.41) is 3.39. The van der Waals surface area contributed by atoms with Crippen molar-refractivity contribution in [2.45, 2.75) is 6.54 Å². The third-order valence-corrected chi connectivity index (χ3v) is 3.76. The maximum absolute atomic E-state index is 11.8. The lowest BCUT2D eigenvalue weighted by atomic mass is 10.2. The second kappa shape index (κ2) is 8.06. The molecule has 1 amide bonds. The van der Waals surface area contributed by atoms with E-state index < -0.39 is 0 Å². The van der Waals surface area contributed by atoms with Gasteiger partial charge < -0.3 is 14.8 Å². The smallest absolute Gasteiger partial charge is 0.258 e. The maximum atomic E-state index is 11.8. The largest absolute Gasteiger partial charge is 0.497 e. The summed E-state index contributed by atoms with van der Waals surface area (Å²) >= 11 is 9.18. The number of benzene rings is 2. The van der Waals surface area contributed by atoms with Crippen molar-refractivity contribution in [2.24, 2.45) is 0 Å². The highest BCUT2D eigenvalue weighted by atomic mass is 79.9. The Bertz CT molecular complexity index is 646. The molecule has 0 atom stereocenters. The SMILES string of the molecule is COc1ccc(CNC(=O)COc2ccc(Cl)cc2Br)cc1. The van der Waals surface area contributed by atoms with Gasteiger partial charge in [0.2, 0.25) is 0 Å². The molecule has 0 aromatic heterocycles. The molecular weight excluding hydrogens is 370 g/mol. The van der Waals surface area contributed by atoms with Gasteiger partial charge in [0.15, 0.2) is 6.61 Å². The Hall–Kier alpha value is -1.72. The van der Waals surface area contributed by atoms with Gasteiger partial charge in [-0.3, -0.25) is 4.79 Å². The average Bonchev–Trinajstić information content (AvgIpc) is 2.52. The van der Waals surface area contributed by atoms with Gasteiger partial charge in [-0.05, 0) is 51.8 Å². The van der Waals surface area contributed by atoms with Gasteiger partial charge in [-0.15, -0.1) is 0 Å². The van der Waals surface area contributed by atoms with Crippen molar-refractivity contribution in [1.82, 2.24) is 5.32 Å². The second-order valence-electron chi connectivity index (χ2n) is 4.49. The van der Waals surface area contributed by atoms with Crippen LogP contribution in [0.1, 0.15) is 5.56 Å². The zero-order valence-electron chi connectivity index (χ0n) is 11.9. The number of ether oxygens (including phenoxy) is 2. The van der Waals surface area contributed by atoms with Crippen LogP contribution in [0.15, 0.2) is 46.9 Å². The fourth-order valence-electron chi connectivity index (χ4n) is 1.73. The van der Waals surface area contributed by atoms with Crippen LogP contribution in [0, 0.1) is 0 Å². The first kappa shape index (κ1) is 16.6. The molecule has 0 unspecified atom stereocenters. The Balaban J connectivity index is 1.80. The van der Waals surface area contributed by atoms with Crippen molar-refractivity contribution < 1.29 is 14.3 Å². The molecule has 0 heterocycles. The molecule has 0 saturated carbocycles. The van der Waals surface area contributed by atoms with Gasteiger partial charge >= 0.3 is 0 Å². The van der Waals surface area contributed by atoms with Crippen LogP contribution in [0.4, 0.5) is 0 Å². The number of amides is 1. The summed E-state index contributed by atoms with van der Waals surface area (Å²) in [6.07, 6.45) is 0. The van der Waals surface area contributed by atoms with E-state index in [9.17, 15) is 4.79 Å². The van der Waals surface area contributed by atoms with Crippen LogP contribution < -0.4 is 14.8 Å². The van der Waals surface area contributed by atoms with Crippen molar-refractivity contribution in [2.75, 3.05) is 13.7 Å². The van der Waals surface area contributed by atoms with E-state index in [-0.39, 0.29) is 12.5 Å². The van der Waals surface area contributed by atoms with E-state index in [0.717, 1.165) is 11.3 Å². The van der Waals surface area contributed by atoms with Crippen LogP contribution >= 0.6 is 27.5 Å². The molecule has 22 heavy (non-hydrogen) atoms. The summed E-state index contributed by atoms with van der Waals surface area (Å²) in [6.45, 7) is 0.379. The van der Waals surface area contributed by atoms with Crippen molar-refractivity contribution in [1.29, 1.82) is 0 Å². The summed E-state index contributed by atoms with van der Waals surface area (Å²) in [5.41, 5.74) is 0.988. The van der Waals surface area contributed by atoms with Gasteiger partial charge in [0.25, 0.3) is 5.91 Å². The minimum atomic E-state index is -0.197. The van der Waals surface area contributed by atoms with E-state index in [1.54, 1.807) is 25.3 Å². The number of hydrogen-bond acceptors (Lipinski definition) is 3. The monoisotopic (exact) mass is 383 g/mol. The molecule has 6 heteroatoms. The van der Waals surface area contributed by atoms with E-state index in [0.29, 0.717) is 21.8 Å². The van der Waals surface area contributed by atoms with Crippen LogP contribution in [0.5, 0.6) is 11.5 Å². The molecule has 0 aliphatic rings. The molecule has 4 nitrogen and oxygen atoms in total. The molecule has 2 aromatic carbocycles. The minimum absolute atomic E-state index is 0.0591. The molecule has 1 N–H and O–H groups in total. The van der Waals surface area contributed by atoms with Crippen molar-refractivity contribution >= 4 is 33.4 Å². The molecule has 0 fully saturated rings. The Labute approximate surface area is 142 Å². The second-order valence-corrected chi connectivity index (χ2v) is 5.78. The van der Waals surface area contributed by atoms with Crippen molar-refractivity contribution in [3.05, 3.63) is 57.5 Å². The molecule has 2 aromatic rings. The molecule has 0 aliphatic carbocycles. The number of rotatable bonds is 6. The van der Waals surface area contributed by atoms with Crippen LogP contribution in [-0.4, -0.2) is 19.6 Å². The molecular formula is C16H15BrClNO3. The first-order chi connectivity index (χ1) is 10.6. The molecule has 0 bridgehead atoms. The zero-order chi connectivity index (χ0) is 15.9. The Kier molecular flexibility index (Phi) is 6.10. The van der Waals surface area contributed by atoms with E-state index in [4.69, 9.17) is 21.1 Å². The molecule has 116 valence electrons. The lowest BCUT2D eigenvalue weighted by Crippen LogP contribution is -2.28. The van der Waals surface area contributed by atoms with E-state index in [1.807, 2.05) is 24.3 Å². The number of carbonyl (C=O) groups is 1. The highest BCUT2D eigenvalue weighted by Crippen LogP contribution is 2.27. The Morgan fingerprint density at radius 1 is 1.23 bits per heavy atom. The number of hydrogen-bond donors (Lipinski definition) is 1. The topological polar surface area (TPSA) is 47.6 Å². The predicted molar refractivity (Wildman–Crippen MR) is 89.5 cm³/mol. The Morgan fingerprint density at radius 3 is 2.59 bits per heavy atom. The predicted octanol–water partition coefficient (Wildman–Crippen LogP) is 3.81. The molecule has 0 radical (unpaired) electrons. The standard InChI is InChI=1S/C16H15BrClNO3/c1-21-13-5-2-11(3-6-13)9-19-16(20)10-22-15-7-4-12(18)8-14(15)17/h2-8H,9-10H2,1H3,(H,19,20). The Morgan fingerprint density at radius 2 is 1.95 bits per heavy atom. The van der Waals surface area contributed by atoms with Gasteiger partial charge in [0.05, 0.1) is 11.6 Å². The first-order valence-corrected chi connectivity index (χ1v) is 7.73. The molecule has 0 aliphatic heterocycles. The number of carbonyl (C=O) groups excluding carboxylic acids is 1. The van der Waals surface area contributed by atoms with E-state index in [1.165, 1.54) is 0 Å². The highest BCUT2D eigenvalue weighted by molar-refractivity contribution is 9.10. The number of methoxy groups -OCH3 is 1. The summed E-state index contributed by atoms with van der Waals surface area (Å²) in [4.78, 5) is 11.8. The van der Waals surface area contributed by atoms with Crippen molar-refractivity contribution in [3.8, 4) is 11.5 Å². The molecule has 0 spiro atoms. The average molecular weight is 385 g/mol. The lowest BCUT2D eigenvalue weighted by Gasteiger charge is -2.09. The lowest BCUT2D eigenvalue weighted by molar-refractivity contribution is -0.123. The fraction of sp³-hybridized carbons (Fsp3) is 0.188. The van der Waals surface area contributed by atoms with Crippen LogP contribution in [0.2, 0.25) is 5.02 Å². The summed E-state index contributed by atoms with van der Waals surface area (Å²) < 4.78 is 11.2. The van der Waals surface area contributed by atoms with Gasteiger partial charge in [0.1, 0.15) is 11.5 Å². The van der Waals surface area contributed by atoms with Gasteiger partial charge in [-0.2, -0.15) is 0 Å². The van der Waals surface area contributed by atoms with Gasteiger partial charge in [0, 0.05) is 11.6 Å². The quantitative estimate of drug-likeness (QED) is 0.824. The summed E-state index contributed by atoms with van der Waals surface area (Å²) in [5.74, 6) is 1.16. The fourth-order valence-corrected chi connectivity index (χ4v) is 2.53. The number of halogens is 2. The zero-order valence-corrected chi connectivity index (χ0v) is 14.3. The van der Waals surface area contributed by atoms with Gasteiger partial charge in [-0.25, -0.2) is 0 Å². The normalized spacial score (nSPS) is 10.1. The highest BCUT2D eigenvalue weighted by Gasteiger charge is 2.06. The van der Waals surface area contributed by atoms with Crippen LogP contribution in [0.25, 0.3) is 0 Å². The maximum Gasteiger partial charge on any atom is 0.258 e. The van der Waals surface area contributed by atoms with E-state index in [2.05, 4.69) is 21.2 Å². The molecule has 2 rings (SSSR count). The van der Waals surface area contributed by atoms with Crippen molar-refractivity contribution in [3.63, 3.8) is 0 Å². The van der Waals surface area contributed by atoms with E-state index >= 15 is 0 Å². The minimum Gasteiger partial charge on any atom is -0.497 e. The van der Waals surface area contributed by atoms with Gasteiger partial charge in [-0.1, -0.05) is 23.7 Å². The summed E-state index contributed by atoms with van der Waals surface area (Å²) in [7, 11) is 1.61. The molecule has 0 saturated heterocycles. The summed E-state index contributed by atoms with van der Waals surface area (Å²) in [6, 6.07) is 12.6. The first-order valence-electron chi connectivity index (χ1n) is 6.56.